The Morgan fingerprint density at radius 3 is 2.83 bits per heavy atom. The maximum Gasteiger partial charge on any atom is 0.154 e. The summed E-state index contributed by atoms with van der Waals surface area (Å²) in [7, 11) is 1.67. The highest BCUT2D eigenvalue weighted by atomic mass is 16.5. The lowest BCUT2D eigenvalue weighted by molar-refractivity contribution is 0.415. The maximum absolute atomic E-state index is 6.13. The molecule has 1 fully saturated rings. The Labute approximate surface area is 140 Å². The highest BCUT2D eigenvalue weighted by Crippen LogP contribution is 2.27. The first-order chi connectivity index (χ1) is 11.7. The number of hydrogen-bond donors (Lipinski definition) is 1. The van der Waals surface area contributed by atoms with E-state index in [-0.39, 0.29) is 6.04 Å². The molecule has 0 radical (unpaired) electrons. The molecule has 1 atom stereocenters. The number of aromatic nitrogens is 3. The number of methoxy groups -OCH3 is 1. The zero-order valence-corrected chi connectivity index (χ0v) is 13.7. The number of fused-ring (bicyclic) bond motifs is 1. The Hall–Kier alpha value is -2.60. The molecule has 1 aliphatic rings. The molecular weight excluding hydrogens is 302 g/mol. The number of nitrogens with two attached hydrogens (primary N) is 1. The van der Waals surface area contributed by atoms with Crippen molar-refractivity contribution in [3.8, 4) is 17.0 Å². The fraction of sp³-hybridized carbons (Fsp3) is 0.333. The van der Waals surface area contributed by atoms with E-state index in [1.54, 1.807) is 13.3 Å². The molecule has 1 aliphatic heterocycles. The van der Waals surface area contributed by atoms with Gasteiger partial charge in [-0.25, -0.2) is 9.50 Å². The predicted octanol–water partition coefficient (Wildman–Crippen LogP) is 2.33. The molecule has 6 nitrogen and oxygen atoms in total. The number of nitrogens with zero attached hydrogens (tertiary/aromatic N) is 4. The smallest absolute Gasteiger partial charge is 0.154 e. The molecule has 3 aromatic rings. The largest absolute Gasteiger partial charge is 0.497 e. The number of benzene rings is 1. The SMILES string of the molecule is COc1ccc(-c2cc3c(N4CCCC(N)C4)nccn3n2)cc1. The molecule has 6 heteroatoms. The Morgan fingerprint density at radius 2 is 2.08 bits per heavy atom. The molecule has 0 spiro atoms. The summed E-state index contributed by atoms with van der Waals surface area (Å²) in [5, 5.41) is 4.69. The fourth-order valence-electron chi connectivity index (χ4n) is 3.26. The molecule has 0 saturated carbocycles. The molecular formula is C18H21N5O. The molecule has 24 heavy (non-hydrogen) atoms. The molecule has 1 aromatic carbocycles. The van der Waals surface area contributed by atoms with Gasteiger partial charge in [0.15, 0.2) is 5.82 Å². The molecule has 4 rings (SSSR count). The van der Waals surface area contributed by atoms with Gasteiger partial charge in [0.25, 0.3) is 0 Å². The van der Waals surface area contributed by atoms with Gasteiger partial charge in [-0.1, -0.05) is 0 Å². The third-order valence-electron chi connectivity index (χ3n) is 4.51. The van der Waals surface area contributed by atoms with E-state index in [0.717, 1.165) is 54.3 Å². The predicted molar refractivity (Wildman–Crippen MR) is 94.4 cm³/mol. The Kier molecular flexibility index (Phi) is 3.82. The minimum atomic E-state index is 0.213. The van der Waals surface area contributed by atoms with E-state index in [1.165, 1.54) is 0 Å². The fourth-order valence-corrected chi connectivity index (χ4v) is 3.26. The second-order valence-corrected chi connectivity index (χ2v) is 6.19. The Bertz CT molecular complexity index is 842. The first-order valence-electron chi connectivity index (χ1n) is 8.24. The first kappa shape index (κ1) is 15.0. The normalized spacial score (nSPS) is 18.1. The average molecular weight is 323 g/mol. The van der Waals surface area contributed by atoms with E-state index < -0.39 is 0 Å². The molecule has 124 valence electrons. The van der Waals surface area contributed by atoms with Crippen molar-refractivity contribution in [1.29, 1.82) is 0 Å². The summed E-state index contributed by atoms with van der Waals surface area (Å²) < 4.78 is 7.11. The third-order valence-corrected chi connectivity index (χ3v) is 4.51. The van der Waals surface area contributed by atoms with Crippen molar-refractivity contribution in [2.24, 2.45) is 5.73 Å². The van der Waals surface area contributed by atoms with Crippen LogP contribution in [0.5, 0.6) is 5.75 Å². The summed E-state index contributed by atoms with van der Waals surface area (Å²) in [6, 6.07) is 10.2. The number of piperidine rings is 1. The summed E-state index contributed by atoms with van der Waals surface area (Å²) >= 11 is 0. The van der Waals surface area contributed by atoms with Gasteiger partial charge in [-0.05, 0) is 43.2 Å². The van der Waals surface area contributed by atoms with Gasteiger partial charge in [0, 0.05) is 37.1 Å². The van der Waals surface area contributed by atoms with Crippen molar-refractivity contribution in [3.05, 3.63) is 42.7 Å². The van der Waals surface area contributed by atoms with Gasteiger partial charge < -0.3 is 15.4 Å². The minimum absolute atomic E-state index is 0.213. The van der Waals surface area contributed by atoms with Crippen LogP contribution in [0.4, 0.5) is 5.82 Å². The molecule has 0 amide bonds. The summed E-state index contributed by atoms with van der Waals surface area (Å²) in [5.74, 6) is 1.80. The quantitative estimate of drug-likeness (QED) is 0.801. The van der Waals surface area contributed by atoms with Gasteiger partial charge in [0.05, 0.1) is 12.8 Å². The first-order valence-corrected chi connectivity index (χ1v) is 8.24. The topological polar surface area (TPSA) is 68.7 Å². The number of anilines is 1. The third kappa shape index (κ3) is 2.69. The highest BCUT2D eigenvalue weighted by molar-refractivity contribution is 5.75. The van der Waals surface area contributed by atoms with E-state index in [9.17, 15) is 0 Å². The lowest BCUT2D eigenvalue weighted by atomic mass is 10.1. The highest BCUT2D eigenvalue weighted by Gasteiger charge is 2.20. The minimum Gasteiger partial charge on any atom is -0.497 e. The standard InChI is InChI=1S/C18H21N5O/c1-24-15-6-4-13(5-7-15)16-11-17-18(20-8-10-23(17)21-16)22-9-2-3-14(19)12-22/h4-8,10-11,14H,2-3,9,12,19H2,1H3. The van der Waals surface area contributed by atoms with E-state index in [0.29, 0.717) is 0 Å². The van der Waals surface area contributed by atoms with Crippen LogP contribution in [0.25, 0.3) is 16.8 Å². The lowest BCUT2D eigenvalue weighted by Gasteiger charge is -2.31. The van der Waals surface area contributed by atoms with Crippen molar-refractivity contribution >= 4 is 11.3 Å². The van der Waals surface area contributed by atoms with E-state index in [2.05, 4.69) is 16.0 Å². The Morgan fingerprint density at radius 1 is 1.25 bits per heavy atom. The summed E-state index contributed by atoms with van der Waals surface area (Å²) in [5.41, 5.74) is 9.12. The second kappa shape index (κ2) is 6.13. The van der Waals surface area contributed by atoms with E-state index >= 15 is 0 Å². The number of ether oxygens (including phenoxy) is 1. The number of rotatable bonds is 3. The zero-order valence-electron chi connectivity index (χ0n) is 13.7. The molecule has 3 heterocycles. The van der Waals surface area contributed by atoms with Crippen LogP contribution in [0.1, 0.15) is 12.8 Å². The molecule has 2 N–H and O–H groups in total. The van der Waals surface area contributed by atoms with E-state index in [1.807, 2.05) is 35.0 Å². The molecule has 2 aromatic heterocycles. The van der Waals surface area contributed by atoms with Crippen LogP contribution >= 0.6 is 0 Å². The van der Waals surface area contributed by atoms with Crippen LogP contribution in [0, 0.1) is 0 Å². The van der Waals surface area contributed by atoms with Crippen molar-refractivity contribution in [2.45, 2.75) is 18.9 Å². The van der Waals surface area contributed by atoms with Gasteiger partial charge >= 0.3 is 0 Å². The summed E-state index contributed by atoms with van der Waals surface area (Å²) in [4.78, 5) is 6.86. The second-order valence-electron chi connectivity index (χ2n) is 6.19. The summed E-state index contributed by atoms with van der Waals surface area (Å²) in [6.07, 6.45) is 5.86. The molecule has 1 saturated heterocycles. The van der Waals surface area contributed by atoms with Crippen LogP contribution in [0.3, 0.4) is 0 Å². The lowest BCUT2D eigenvalue weighted by Crippen LogP contribution is -2.43. The Balaban J connectivity index is 1.73. The van der Waals surface area contributed by atoms with Gasteiger partial charge in [0.1, 0.15) is 11.3 Å². The van der Waals surface area contributed by atoms with Gasteiger partial charge in [0.2, 0.25) is 0 Å². The summed E-state index contributed by atoms with van der Waals surface area (Å²) in [6.45, 7) is 1.83. The van der Waals surface area contributed by atoms with Crippen molar-refractivity contribution in [2.75, 3.05) is 25.1 Å². The monoisotopic (exact) mass is 323 g/mol. The van der Waals surface area contributed by atoms with Gasteiger partial charge in [-0.2, -0.15) is 5.10 Å². The van der Waals surface area contributed by atoms with Crippen LogP contribution in [0.15, 0.2) is 42.7 Å². The number of hydrogen-bond acceptors (Lipinski definition) is 5. The van der Waals surface area contributed by atoms with E-state index in [4.69, 9.17) is 15.6 Å². The van der Waals surface area contributed by atoms with Crippen LogP contribution in [-0.2, 0) is 0 Å². The maximum atomic E-state index is 6.13. The van der Waals surface area contributed by atoms with Crippen LogP contribution in [-0.4, -0.2) is 40.8 Å². The average Bonchev–Trinajstić information content (AvgIpc) is 3.06. The van der Waals surface area contributed by atoms with Crippen molar-refractivity contribution in [3.63, 3.8) is 0 Å². The van der Waals surface area contributed by atoms with Crippen LogP contribution < -0.4 is 15.4 Å². The molecule has 0 bridgehead atoms. The molecule has 0 aliphatic carbocycles. The van der Waals surface area contributed by atoms with Crippen LogP contribution in [0.2, 0.25) is 0 Å². The van der Waals surface area contributed by atoms with Gasteiger partial charge in [-0.3, -0.25) is 0 Å². The molecule has 1 unspecified atom stereocenters. The zero-order chi connectivity index (χ0) is 16.5. The van der Waals surface area contributed by atoms with Gasteiger partial charge in [-0.15, -0.1) is 0 Å². The van der Waals surface area contributed by atoms with Crippen molar-refractivity contribution in [1.82, 2.24) is 14.6 Å². The van der Waals surface area contributed by atoms with Crippen molar-refractivity contribution < 1.29 is 4.74 Å².